The fourth-order valence-electron chi connectivity index (χ4n) is 1.72. The second-order valence-corrected chi connectivity index (χ2v) is 3.61. The Hall–Kier alpha value is -1.54. The molecule has 1 unspecified atom stereocenters. The molecular formula is C10H13N3O2. The highest BCUT2D eigenvalue weighted by atomic mass is 16.5. The van der Waals surface area contributed by atoms with Crippen LogP contribution in [0.25, 0.3) is 0 Å². The van der Waals surface area contributed by atoms with Crippen molar-refractivity contribution in [2.24, 2.45) is 0 Å². The standard InChI is InChI=1S/C10H13N3O2/c11-6-8-10(12)15-9(13-8)4-3-7-2-1-5-14-7/h7H,1-5,12H2. The van der Waals surface area contributed by atoms with E-state index < -0.39 is 0 Å². The van der Waals surface area contributed by atoms with Gasteiger partial charge in [0.2, 0.25) is 11.6 Å². The van der Waals surface area contributed by atoms with Crippen molar-refractivity contribution in [2.75, 3.05) is 12.3 Å². The number of nitrogens with two attached hydrogens (primary N) is 1. The minimum atomic E-state index is 0.111. The molecule has 0 spiro atoms. The lowest BCUT2D eigenvalue weighted by atomic mass is 10.1. The van der Waals surface area contributed by atoms with Gasteiger partial charge in [-0.15, -0.1) is 0 Å². The molecule has 0 amide bonds. The minimum absolute atomic E-state index is 0.111. The van der Waals surface area contributed by atoms with Crippen LogP contribution >= 0.6 is 0 Å². The summed E-state index contributed by atoms with van der Waals surface area (Å²) >= 11 is 0. The molecule has 1 atom stereocenters. The van der Waals surface area contributed by atoms with Crippen molar-refractivity contribution in [3.8, 4) is 6.07 Å². The number of nitrogens with zero attached hydrogens (tertiary/aromatic N) is 2. The van der Waals surface area contributed by atoms with Crippen LogP contribution < -0.4 is 5.73 Å². The maximum Gasteiger partial charge on any atom is 0.229 e. The molecule has 2 N–H and O–H groups in total. The SMILES string of the molecule is N#Cc1nc(CCC2CCCO2)oc1N. The molecule has 0 aromatic carbocycles. The van der Waals surface area contributed by atoms with Crippen LogP contribution in [0.2, 0.25) is 0 Å². The van der Waals surface area contributed by atoms with E-state index in [9.17, 15) is 0 Å². The lowest BCUT2D eigenvalue weighted by molar-refractivity contribution is 0.103. The van der Waals surface area contributed by atoms with E-state index in [-0.39, 0.29) is 11.6 Å². The van der Waals surface area contributed by atoms with Crippen molar-refractivity contribution in [1.29, 1.82) is 5.26 Å². The average molecular weight is 207 g/mol. The molecule has 0 bridgehead atoms. The largest absolute Gasteiger partial charge is 0.424 e. The van der Waals surface area contributed by atoms with Crippen LogP contribution in [-0.4, -0.2) is 17.7 Å². The van der Waals surface area contributed by atoms with Crippen molar-refractivity contribution in [2.45, 2.75) is 31.8 Å². The van der Waals surface area contributed by atoms with E-state index in [0.29, 0.717) is 18.4 Å². The number of rotatable bonds is 3. The average Bonchev–Trinajstić information content (AvgIpc) is 2.83. The molecule has 1 aliphatic heterocycles. The van der Waals surface area contributed by atoms with Crippen LogP contribution in [0.1, 0.15) is 30.8 Å². The molecule has 80 valence electrons. The Labute approximate surface area is 87.8 Å². The zero-order valence-corrected chi connectivity index (χ0v) is 8.40. The highest BCUT2D eigenvalue weighted by Gasteiger charge is 2.17. The lowest BCUT2D eigenvalue weighted by Gasteiger charge is -2.05. The van der Waals surface area contributed by atoms with Crippen LogP contribution in [0.4, 0.5) is 5.88 Å². The fourth-order valence-corrected chi connectivity index (χ4v) is 1.72. The number of hydrogen-bond donors (Lipinski definition) is 1. The molecule has 1 aliphatic rings. The van der Waals surface area contributed by atoms with Gasteiger partial charge in [0.15, 0.2) is 5.89 Å². The second-order valence-electron chi connectivity index (χ2n) is 3.61. The van der Waals surface area contributed by atoms with Gasteiger partial charge < -0.3 is 14.9 Å². The van der Waals surface area contributed by atoms with Gasteiger partial charge in [-0.1, -0.05) is 0 Å². The minimum Gasteiger partial charge on any atom is -0.424 e. The molecule has 0 saturated carbocycles. The predicted octanol–water partition coefficient (Wildman–Crippen LogP) is 1.24. The Morgan fingerprint density at radius 2 is 2.47 bits per heavy atom. The zero-order valence-electron chi connectivity index (χ0n) is 8.40. The number of aromatic nitrogens is 1. The van der Waals surface area contributed by atoms with E-state index in [2.05, 4.69) is 4.98 Å². The van der Waals surface area contributed by atoms with Gasteiger partial charge in [0.25, 0.3) is 0 Å². The number of nitrogen functional groups attached to an aromatic ring is 1. The van der Waals surface area contributed by atoms with Gasteiger partial charge in [0.1, 0.15) is 6.07 Å². The lowest BCUT2D eigenvalue weighted by Crippen LogP contribution is -2.06. The summed E-state index contributed by atoms with van der Waals surface area (Å²) in [7, 11) is 0. The molecule has 2 heterocycles. The Balaban J connectivity index is 1.90. The van der Waals surface area contributed by atoms with E-state index in [4.69, 9.17) is 20.1 Å². The van der Waals surface area contributed by atoms with E-state index in [1.54, 1.807) is 0 Å². The van der Waals surface area contributed by atoms with Crippen molar-refractivity contribution < 1.29 is 9.15 Å². The summed E-state index contributed by atoms with van der Waals surface area (Å²) in [6.45, 7) is 0.849. The number of anilines is 1. The molecule has 1 aromatic heterocycles. The summed E-state index contributed by atoms with van der Waals surface area (Å²) in [5.74, 6) is 0.638. The molecule has 5 nitrogen and oxygen atoms in total. The molecule has 5 heteroatoms. The second kappa shape index (κ2) is 4.32. The van der Waals surface area contributed by atoms with Crippen LogP contribution in [-0.2, 0) is 11.2 Å². The summed E-state index contributed by atoms with van der Waals surface area (Å²) in [5, 5.41) is 8.63. The summed E-state index contributed by atoms with van der Waals surface area (Å²) in [5.41, 5.74) is 5.63. The van der Waals surface area contributed by atoms with Crippen LogP contribution in [0.15, 0.2) is 4.42 Å². The molecule has 1 aromatic rings. The maximum absolute atomic E-state index is 8.63. The third kappa shape index (κ3) is 2.28. The topological polar surface area (TPSA) is 85.1 Å². The van der Waals surface area contributed by atoms with E-state index in [0.717, 1.165) is 25.9 Å². The van der Waals surface area contributed by atoms with Crippen molar-refractivity contribution >= 4 is 5.88 Å². The number of hydrogen-bond acceptors (Lipinski definition) is 5. The third-order valence-corrected chi connectivity index (χ3v) is 2.51. The van der Waals surface area contributed by atoms with Gasteiger partial charge in [0, 0.05) is 13.0 Å². The van der Waals surface area contributed by atoms with E-state index >= 15 is 0 Å². The fraction of sp³-hybridized carbons (Fsp3) is 0.600. The Kier molecular flexibility index (Phi) is 2.88. The van der Waals surface area contributed by atoms with Gasteiger partial charge in [-0.05, 0) is 19.3 Å². The summed E-state index contributed by atoms with van der Waals surface area (Å²) in [6, 6.07) is 1.88. The van der Waals surface area contributed by atoms with Crippen molar-refractivity contribution in [3.63, 3.8) is 0 Å². The van der Waals surface area contributed by atoms with Crippen molar-refractivity contribution in [1.82, 2.24) is 4.98 Å². The van der Waals surface area contributed by atoms with Crippen LogP contribution in [0.5, 0.6) is 0 Å². The van der Waals surface area contributed by atoms with Gasteiger partial charge in [0.05, 0.1) is 6.10 Å². The summed E-state index contributed by atoms with van der Waals surface area (Å²) < 4.78 is 10.6. The first-order chi connectivity index (χ1) is 7.29. The third-order valence-electron chi connectivity index (χ3n) is 2.51. The smallest absolute Gasteiger partial charge is 0.229 e. The maximum atomic E-state index is 8.63. The summed E-state index contributed by atoms with van der Waals surface area (Å²) in [6.07, 6.45) is 4.09. The molecule has 0 aliphatic carbocycles. The van der Waals surface area contributed by atoms with Crippen LogP contribution in [0.3, 0.4) is 0 Å². The van der Waals surface area contributed by atoms with Crippen molar-refractivity contribution in [3.05, 3.63) is 11.6 Å². The van der Waals surface area contributed by atoms with E-state index in [1.165, 1.54) is 0 Å². The predicted molar refractivity (Wildman–Crippen MR) is 52.9 cm³/mol. The number of oxazole rings is 1. The first-order valence-corrected chi connectivity index (χ1v) is 5.06. The van der Waals surface area contributed by atoms with Crippen LogP contribution in [0, 0.1) is 11.3 Å². The molecule has 1 fully saturated rings. The Morgan fingerprint density at radius 1 is 1.60 bits per heavy atom. The highest BCUT2D eigenvalue weighted by Crippen LogP contribution is 2.19. The quantitative estimate of drug-likeness (QED) is 0.805. The monoisotopic (exact) mass is 207 g/mol. The molecule has 1 saturated heterocycles. The van der Waals surface area contributed by atoms with Gasteiger partial charge in [-0.3, -0.25) is 0 Å². The number of aryl methyl sites for hydroxylation is 1. The molecule has 0 radical (unpaired) electrons. The first-order valence-electron chi connectivity index (χ1n) is 5.06. The highest BCUT2D eigenvalue weighted by molar-refractivity contribution is 5.40. The normalized spacial score (nSPS) is 20.3. The Morgan fingerprint density at radius 3 is 3.07 bits per heavy atom. The molecule has 2 rings (SSSR count). The van der Waals surface area contributed by atoms with Gasteiger partial charge in [-0.25, -0.2) is 4.98 Å². The van der Waals surface area contributed by atoms with Gasteiger partial charge >= 0.3 is 0 Å². The van der Waals surface area contributed by atoms with E-state index in [1.807, 2.05) is 6.07 Å². The Bertz CT molecular complexity index is 375. The number of nitriles is 1. The number of ether oxygens (including phenoxy) is 1. The zero-order chi connectivity index (χ0) is 10.7. The molecular weight excluding hydrogens is 194 g/mol. The van der Waals surface area contributed by atoms with Gasteiger partial charge in [-0.2, -0.15) is 5.26 Å². The molecule has 15 heavy (non-hydrogen) atoms. The summed E-state index contributed by atoms with van der Waals surface area (Å²) in [4.78, 5) is 3.98. The first kappa shape index (κ1) is 9.99.